The van der Waals surface area contributed by atoms with Crippen molar-refractivity contribution < 1.29 is 4.92 Å². The van der Waals surface area contributed by atoms with E-state index in [2.05, 4.69) is 0 Å². The highest BCUT2D eigenvalue weighted by Gasteiger charge is 2.82. The molecule has 3 atom stereocenters. The van der Waals surface area contributed by atoms with Gasteiger partial charge in [0.1, 0.15) is 4.87 Å². The number of allylic oxidation sites excluding steroid dienone is 1. The summed E-state index contributed by atoms with van der Waals surface area (Å²) in [5.41, 5.74) is 0. The van der Waals surface area contributed by atoms with E-state index in [9.17, 15) is 10.1 Å². The second kappa shape index (κ2) is 3.46. The van der Waals surface area contributed by atoms with Crippen molar-refractivity contribution in [3.63, 3.8) is 0 Å². The first kappa shape index (κ1) is 13.3. The van der Waals surface area contributed by atoms with Crippen molar-refractivity contribution >= 4 is 69.6 Å². The van der Waals surface area contributed by atoms with Gasteiger partial charge in [0, 0.05) is 11.3 Å². The maximum Gasteiger partial charge on any atom is 0.242 e. The molecule has 3 unspecified atom stereocenters. The molecular weight excluding hydrogens is 343 g/mol. The molecule has 0 radical (unpaired) electrons. The van der Waals surface area contributed by atoms with Crippen molar-refractivity contribution in [2.75, 3.05) is 0 Å². The lowest BCUT2D eigenvalue weighted by atomic mass is 10.0. The molecule has 16 heavy (non-hydrogen) atoms. The summed E-state index contributed by atoms with van der Waals surface area (Å²) in [7, 11) is 0. The number of rotatable bonds is 1. The fraction of sp³-hybridized carbons (Fsp3) is 0.714. The van der Waals surface area contributed by atoms with Crippen LogP contribution in [0.15, 0.2) is 10.1 Å². The summed E-state index contributed by atoms with van der Waals surface area (Å²) in [6.07, 6.45) is -0.160. The number of alkyl halides is 4. The van der Waals surface area contributed by atoms with Crippen molar-refractivity contribution in [2.24, 2.45) is 0 Å². The van der Waals surface area contributed by atoms with E-state index < -0.39 is 25.0 Å². The zero-order valence-corrected chi connectivity index (χ0v) is 11.9. The molecule has 2 bridgehead atoms. The van der Waals surface area contributed by atoms with E-state index in [0.717, 1.165) is 0 Å². The fourth-order valence-corrected chi connectivity index (χ4v) is 4.82. The summed E-state index contributed by atoms with van der Waals surface area (Å²) in [6.45, 7) is 0. The lowest BCUT2D eigenvalue weighted by Crippen LogP contribution is -2.48. The number of halogens is 6. The molecule has 0 heterocycles. The van der Waals surface area contributed by atoms with Crippen molar-refractivity contribution in [1.82, 2.24) is 0 Å². The minimum Gasteiger partial charge on any atom is -0.264 e. The minimum atomic E-state index is -1.81. The van der Waals surface area contributed by atoms with Crippen LogP contribution in [0.2, 0.25) is 0 Å². The Kier molecular flexibility index (Phi) is 2.88. The van der Waals surface area contributed by atoms with Crippen LogP contribution >= 0.6 is 69.6 Å². The number of hydrogen-bond acceptors (Lipinski definition) is 2. The monoisotopic (exact) mass is 343 g/mol. The minimum absolute atomic E-state index is 0.0195. The topological polar surface area (TPSA) is 43.1 Å². The zero-order chi connectivity index (χ0) is 12.5. The predicted octanol–water partition coefficient (Wildman–Crippen LogP) is 3.87. The number of fused-ring (bicyclic) bond motifs is 2. The summed E-state index contributed by atoms with van der Waals surface area (Å²) in [5.74, 6) is 0. The Morgan fingerprint density at radius 2 is 1.69 bits per heavy atom. The molecule has 0 aromatic carbocycles. The molecular formula is C7H3Cl6NO2. The van der Waals surface area contributed by atoms with Crippen molar-refractivity contribution in [1.29, 1.82) is 0 Å². The van der Waals surface area contributed by atoms with Gasteiger partial charge in [-0.25, -0.2) is 0 Å². The third-order valence-electron chi connectivity index (χ3n) is 3.00. The second-order valence-corrected chi connectivity index (χ2v) is 7.05. The van der Waals surface area contributed by atoms with Crippen molar-refractivity contribution in [3.8, 4) is 0 Å². The second-order valence-electron chi connectivity index (χ2n) is 3.72. The summed E-state index contributed by atoms with van der Waals surface area (Å²) in [6, 6.07) is -1.27. The molecule has 90 valence electrons. The third kappa shape index (κ3) is 1.15. The largest absolute Gasteiger partial charge is 0.264 e. The van der Waals surface area contributed by atoms with Crippen LogP contribution in [0.3, 0.4) is 0 Å². The number of nitrogens with zero attached hydrogens (tertiary/aromatic N) is 1. The van der Waals surface area contributed by atoms with Gasteiger partial charge >= 0.3 is 0 Å². The lowest BCUT2D eigenvalue weighted by molar-refractivity contribution is -0.524. The Morgan fingerprint density at radius 1 is 1.19 bits per heavy atom. The first-order chi connectivity index (χ1) is 7.10. The first-order valence-electron chi connectivity index (χ1n) is 4.06. The van der Waals surface area contributed by atoms with Crippen LogP contribution in [-0.2, 0) is 0 Å². The van der Waals surface area contributed by atoms with E-state index in [1.54, 1.807) is 0 Å². The third-order valence-corrected chi connectivity index (χ3v) is 7.27. The molecule has 0 amide bonds. The van der Waals surface area contributed by atoms with E-state index in [0.29, 0.717) is 0 Å². The highest BCUT2D eigenvalue weighted by Crippen LogP contribution is 2.72. The molecule has 0 N–H and O–H groups in total. The molecule has 0 aromatic heterocycles. The van der Waals surface area contributed by atoms with Crippen LogP contribution in [0.5, 0.6) is 0 Å². The molecule has 3 nitrogen and oxygen atoms in total. The lowest BCUT2D eigenvalue weighted by Gasteiger charge is -2.30. The zero-order valence-electron chi connectivity index (χ0n) is 7.32. The molecule has 0 saturated heterocycles. The highest BCUT2D eigenvalue weighted by atomic mass is 35.5. The van der Waals surface area contributed by atoms with E-state index in [4.69, 9.17) is 69.6 Å². The van der Waals surface area contributed by atoms with Crippen LogP contribution in [0.25, 0.3) is 0 Å². The molecule has 0 spiro atoms. The molecule has 1 fully saturated rings. The van der Waals surface area contributed by atoms with Gasteiger partial charge in [-0.3, -0.25) is 10.1 Å². The summed E-state index contributed by atoms with van der Waals surface area (Å²) in [5, 5.41) is 10.7. The molecule has 2 aliphatic rings. The summed E-state index contributed by atoms with van der Waals surface area (Å²) >= 11 is 36.1. The Morgan fingerprint density at radius 3 is 2.00 bits per heavy atom. The standard InChI is InChI=1S/C7H3Cl6NO2/c8-3-4(9)6(11)2(14(15)16)1-5(3,10)7(6,12)13/h2H,1H2. The van der Waals surface area contributed by atoms with Gasteiger partial charge < -0.3 is 0 Å². The van der Waals surface area contributed by atoms with Crippen LogP contribution < -0.4 is 0 Å². The molecule has 1 saturated carbocycles. The van der Waals surface area contributed by atoms with E-state index in [1.165, 1.54) is 0 Å². The van der Waals surface area contributed by atoms with Gasteiger partial charge in [-0.1, -0.05) is 46.4 Å². The summed E-state index contributed by atoms with van der Waals surface area (Å²) in [4.78, 5) is 7.02. The Balaban J connectivity index is 2.69. The smallest absolute Gasteiger partial charge is 0.242 e. The van der Waals surface area contributed by atoms with Gasteiger partial charge in [0.2, 0.25) is 6.04 Å². The van der Waals surface area contributed by atoms with E-state index in [1.807, 2.05) is 0 Å². The Labute approximate surface area is 121 Å². The number of hydrogen-bond donors (Lipinski definition) is 0. The van der Waals surface area contributed by atoms with E-state index in [-0.39, 0.29) is 16.5 Å². The molecule has 2 aliphatic carbocycles. The van der Waals surface area contributed by atoms with E-state index >= 15 is 0 Å². The Bertz CT molecular complexity index is 423. The average Bonchev–Trinajstić information content (AvgIpc) is 2.39. The van der Waals surface area contributed by atoms with Gasteiger partial charge in [-0.2, -0.15) is 0 Å². The molecule has 0 aliphatic heterocycles. The predicted molar refractivity (Wildman–Crippen MR) is 65.7 cm³/mol. The quantitative estimate of drug-likeness (QED) is 0.411. The van der Waals surface area contributed by atoms with Crippen LogP contribution in [0.1, 0.15) is 6.42 Å². The number of nitro groups is 1. The van der Waals surface area contributed by atoms with Gasteiger partial charge in [-0.15, -0.1) is 23.2 Å². The highest BCUT2D eigenvalue weighted by molar-refractivity contribution is 6.65. The van der Waals surface area contributed by atoms with Crippen LogP contribution in [0, 0.1) is 10.1 Å². The SMILES string of the molecule is O=[N+]([O-])C1CC2(Cl)C(Cl)=C(Cl)C1(Cl)C2(Cl)Cl. The normalized spacial score (nSPS) is 45.2. The van der Waals surface area contributed by atoms with Crippen molar-refractivity contribution in [3.05, 3.63) is 20.2 Å². The molecule has 2 rings (SSSR count). The molecule has 9 heteroatoms. The van der Waals surface area contributed by atoms with Crippen molar-refractivity contribution in [2.45, 2.75) is 26.5 Å². The maximum absolute atomic E-state index is 10.9. The van der Waals surface area contributed by atoms with Crippen LogP contribution in [-0.4, -0.2) is 25.0 Å². The maximum atomic E-state index is 10.9. The fourth-order valence-electron chi connectivity index (χ4n) is 2.10. The van der Waals surface area contributed by atoms with Gasteiger partial charge in [-0.05, 0) is 0 Å². The first-order valence-corrected chi connectivity index (χ1v) is 6.33. The van der Waals surface area contributed by atoms with Crippen LogP contribution in [0.4, 0.5) is 0 Å². The average molecular weight is 346 g/mol. The molecule has 0 aromatic rings. The summed E-state index contributed by atoms with van der Waals surface area (Å²) < 4.78 is -1.81. The van der Waals surface area contributed by atoms with Gasteiger partial charge in [0.15, 0.2) is 9.21 Å². The van der Waals surface area contributed by atoms with Gasteiger partial charge in [0.25, 0.3) is 0 Å². The Hall–Kier alpha value is 0.880. The van der Waals surface area contributed by atoms with Gasteiger partial charge in [0.05, 0.1) is 10.1 Å².